The van der Waals surface area contributed by atoms with Crippen molar-refractivity contribution in [2.45, 2.75) is 38.8 Å². The summed E-state index contributed by atoms with van der Waals surface area (Å²) in [4.78, 5) is 25.0. The SMILES string of the molecule is COC(=O)C1CC2CC2N1C(=O)OCC(C)C. The van der Waals surface area contributed by atoms with Gasteiger partial charge >= 0.3 is 12.1 Å². The molecule has 0 spiro atoms. The summed E-state index contributed by atoms with van der Waals surface area (Å²) in [5.41, 5.74) is 0. The number of ether oxygens (including phenoxy) is 2. The minimum Gasteiger partial charge on any atom is -0.467 e. The first-order chi connectivity index (χ1) is 8.04. The zero-order valence-corrected chi connectivity index (χ0v) is 10.5. The molecule has 5 heteroatoms. The Labute approximate surface area is 101 Å². The molecule has 1 amide bonds. The van der Waals surface area contributed by atoms with Gasteiger partial charge in [0, 0.05) is 6.04 Å². The number of amides is 1. The summed E-state index contributed by atoms with van der Waals surface area (Å²) in [6.45, 7) is 4.35. The number of esters is 1. The highest BCUT2D eigenvalue weighted by Crippen LogP contribution is 2.48. The molecule has 3 atom stereocenters. The van der Waals surface area contributed by atoms with Gasteiger partial charge in [-0.15, -0.1) is 0 Å². The standard InChI is InChI=1S/C12H19NO4/c1-7(2)6-17-12(15)13-9-4-8(9)5-10(13)11(14)16-3/h7-10H,4-6H2,1-3H3. The van der Waals surface area contributed by atoms with E-state index in [1.165, 1.54) is 7.11 Å². The van der Waals surface area contributed by atoms with Gasteiger partial charge in [-0.25, -0.2) is 9.59 Å². The first-order valence-electron chi connectivity index (χ1n) is 6.07. The molecule has 0 aromatic rings. The van der Waals surface area contributed by atoms with E-state index in [9.17, 15) is 9.59 Å². The molecule has 96 valence electrons. The lowest BCUT2D eigenvalue weighted by molar-refractivity contribution is -0.146. The van der Waals surface area contributed by atoms with Gasteiger partial charge in [0.25, 0.3) is 0 Å². The Hall–Kier alpha value is -1.26. The summed E-state index contributed by atoms with van der Waals surface area (Å²) in [5.74, 6) is 0.428. The normalized spacial score (nSPS) is 30.1. The summed E-state index contributed by atoms with van der Waals surface area (Å²) in [5, 5.41) is 0. The number of piperidine rings is 1. The van der Waals surface area contributed by atoms with Crippen molar-refractivity contribution in [1.29, 1.82) is 0 Å². The van der Waals surface area contributed by atoms with Crippen molar-refractivity contribution in [2.24, 2.45) is 11.8 Å². The molecule has 0 aromatic heterocycles. The highest BCUT2D eigenvalue weighted by Gasteiger charge is 2.57. The van der Waals surface area contributed by atoms with Crippen LogP contribution in [0.25, 0.3) is 0 Å². The predicted octanol–water partition coefficient (Wildman–Crippen LogP) is 1.41. The third-order valence-corrected chi connectivity index (χ3v) is 3.33. The summed E-state index contributed by atoms with van der Waals surface area (Å²) >= 11 is 0. The number of hydrogen-bond donors (Lipinski definition) is 0. The van der Waals surface area contributed by atoms with Gasteiger partial charge in [-0.3, -0.25) is 4.90 Å². The monoisotopic (exact) mass is 241 g/mol. The van der Waals surface area contributed by atoms with Crippen molar-refractivity contribution in [2.75, 3.05) is 13.7 Å². The highest BCUT2D eigenvalue weighted by atomic mass is 16.6. The first kappa shape index (κ1) is 12.2. The number of hydrogen-bond acceptors (Lipinski definition) is 4. The predicted molar refractivity (Wildman–Crippen MR) is 60.3 cm³/mol. The Morgan fingerprint density at radius 1 is 1.35 bits per heavy atom. The Bertz CT molecular complexity index is 328. The van der Waals surface area contributed by atoms with Crippen molar-refractivity contribution in [3.8, 4) is 0 Å². The number of nitrogens with zero attached hydrogens (tertiary/aromatic N) is 1. The van der Waals surface area contributed by atoms with Crippen LogP contribution in [0.1, 0.15) is 26.7 Å². The van der Waals surface area contributed by atoms with Gasteiger partial charge in [-0.2, -0.15) is 0 Å². The minimum absolute atomic E-state index is 0.193. The zero-order chi connectivity index (χ0) is 12.6. The molecule has 1 heterocycles. The van der Waals surface area contributed by atoms with E-state index in [1.54, 1.807) is 4.90 Å². The van der Waals surface area contributed by atoms with E-state index in [0.717, 1.165) is 6.42 Å². The van der Waals surface area contributed by atoms with Gasteiger partial charge in [0.2, 0.25) is 0 Å². The van der Waals surface area contributed by atoms with Crippen LogP contribution in [0, 0.1) is 11.8 Å². The third kappa shape index (κ3) is 2.37. The average molecular weight is 241 g/mol. The quantitative estimate of drug-likeness (QED) is 0.701. The molecule has 17 heavy (non-hydrogen) atoms. The van der Waals surface area contributed by atoms with Crippen LogP contribution in [0.3, 0.4) is 0 Å². The number of carbonyl (C=O) groups is 2. The summed E-state index contributed by atoms with van der Waals surface area (Å²) in [6, 6.07) is -0.248. The number of fused-ring (bicyclic) bond motifs is 1. The summed E-state index contributed by atoms with van der Waals surface area (Å²) < 4.78 is 9.91. The number of carbonyl (C=O) groups excluding carboxylic acids is 2. The Kier molecular flexibility index (Phi) is 3.26. The maximum absolute atomic E-state index is 11.9. The van der Waals surface area contributed by atoms with Crippen LogP contribution >= 0.6 is 0 Å². The molecule has 0 bridgehead atoms. The fourth-order valence-electron chi connectivity index (χ4n) is 2.38. The number of likely N-dealkylation sites (tertiary alicyclic amines) is 1. The lowest BCUT2D eigenvalue weighted by Gasteiger charge is -2.25. The van der Waals surface area contributed by atoms with Gasteiger partial charge in [0.1, 0.15) is 6.04 Å². The Balaban J connectivity index is 1.97. The highest BCUT2D eigenvalue weighted by molar-refractivity contribution is 5.83. The molecule has 0 N–H and O–H groups in total. The second-order valence-corrected chi connectivity index (χ2v) is 5.22. The van der Waals surface area contributed by atoms with Crippen molar-refractivity contribution in [3.05, 3.63) is 0 Å². The first-order valence-corrected chi connectivity index (χ1v) is 6.07. The fourth-order valence-corrected chi connectivity index (χ4v) is 2.38. The minimum atomic E-state index is -0.441. The number of methoxy groups -OCH3 is 1. The third-order valence-electron chi connectivity index (χ3n) is 3.33. The van der Waals surface area contributed by atoms with Crippen molar-refractivity contribution >= 4 is 12.1 Å². The van der Waals surface area contributed by atoms with Crippen LogP contribution in [0.4, 0.5) is 4.79 Å². The van der Waals surface area contributed by atoms with E-state index >= 15 is 0 Å². The van der Waals surface area contributed by atoms with E-state index in [0.29, 0.717) is 24.9 Å². The smallest absolute Gasteiger partial charge is 0.410 e. The maximum atomic E-state index is 11.9. The van der Waals surface area contributed by atoms with Crippen LogP contribution in [-0.4, -0.2) is 42.8 Å². The zero-order valence-electron chi connectivity index (χ0n) is 10.5. The van der Waals surface area contributed by atoms with Gasteiger partial charge in [0.15, 0.2) is 0 Å². The molecule has 2 rings (SSSR count). The Morgan fingerprint density at radius 2 is 2.06 bits per heavy atom. The van der Waals surface area contributed by atoms with E-state index in [1.807, 2.05) is 13.8 Å². The van der Waals surface area contributed by atoms with Crippen molar-refractivity contribution < 1.29 is 19.1 Å². The van der Waals surface area contributed by atoms with Crippen LogP contribution in [-0.2, 0) is 14.3 Å². The Morgan fingerprint density at radius 3 is 2.65 bits per heavy atom. The van der Waals surface area contributed by atoms with Crippen molar-refractivity contribution in [1.82, 2.24) is 4.90 Å². The molecule has 1 aliphatic carbocycles. The second-order valence-electron chi connectivity index (χ2n) is 5.22. The largest absolute Gasteiger partial charge is 0.467 e. The molecule has 2 aliphatic rings. The van der Waals surface area contributed by atoms with Crippen LogP contribution < -0.4 is 0 Å². The van der Waals surface area contributed by atoms with Gasteiger partial charge in [-0.1, -0.05) is 13.8 Å². The summed E-state index contributed by atoms with van der Waals surface area (Å²) in [7, 11) is 1.35. The molecule has 2 fully saturated rings. The molecule has 5 nitrogen and oxygen atoms in total. The topological polar surface area (TPSA) is 55.8 Å². The molecule has 0 radical (unpaired) electrons. The van der Waals surface area contributed by atoms with Crippen LogP contribution in [0.5, 0.6) is 0 Å². The van der Waals surface area contributed by atoms with E-state index < -0.39 is 6.04 Å². The van der Waals surface area contributed by atoms with Gasteiger partial charge in [-0.05, 0) is 24.7 Å². The molecular weight excluding hydrogens is 222 g/mol. The van der Waals surface area contributed by atoms with E-state index in [4.69, 9.17) is 9.47 Å². The van der Waals surface area contributed by atoms with E-state index in [-0.39, 0.29) is 18.1 Å². The number of rotatable bonds is 3. The maximum Gasteiger partial charge on any atom is 0.410 e. The van der Waals surface area contributed by atoms with Crippen LogP contribution in [0.2, 0.25) is 0 Å². The average Bonchev–Trinajstić information content (AvgIpc) is 2.96. The lowest BCUT2D eigenvalue weighted by atomic mass is 10.2. The molecule has 1 saturated heterocycles. The second kappa shape index (κ2) is 4.55. The fraction of sp³-hybridized carbons (Fsp3) is 0.833. The van der Waals surface area contributed by atoms with Gasteiger partial charge in [0.05, 0.1) is 13.7 Å². The molecule has 1 aliphatic heterocycles. The van der Waals surface area contributed by atoms with Crippen LogP contribution in [0.15, 0.2) is 0 Å². The summed E-state index contributed by atoms with van der Waals surface area (Å²) in [6.07, 6.45) is 1.33. The molecule has 0 aromatic carbocycles. The molecular formula is C12H19NO4. The van der Waals surface area contributed by atoms with Crippen molar-refractivity contribution in [3.63, 3.8) is 0 Å². The molecule has 1 saturated carbocycles. The van der Waals surface area contributed by atoms with Gasteiger partial charge < -0.3 is 9.47 Å². The lowest BCUT2D eigenvalue weighted by Crippen LogP contribution is -2.44. The molecule has 3 unspecified atom stereocenters. The van der Waals surface area contributed by atoms with E-state index in [2.05, 4.69) is 0 Å².